The number of nitrogens with zero attached hydrogens (tertiary/aromatic N) is 2. The van der Waals surface area contributed by atoms with E-state index in [0.29, 0.717) is 0 Å². The van der Waals surface area contributed by atoms with Crippen LogP contribution in [0.15, 0.2) is 18.2 Å². The summed E-state index contributed by atoms with van der Waals surface area (Å²) in [5.74, 6) is 0.192. The van der Waals surface area contributed by atoms with Crippen molar-refractivity contribution in [2.45, 2.75) is 26.3 Å². The van der Waals surface area contributed by atoms with Gasteiger partial charge in [0.1, 0.15) is 0 Å². The Morgan fingerprint density at radius 3 is 2.76 bits per heavy atom. The number of rotatable bonds is 6. The van der Waals surface area contributed by atoms with Crippen LogP contribution < -0.4 is 5.32 Å². The van der Waals surface area contributed by atoms with Crippen molar-refractivity contribution in [1.29, 1.82) is 0 Å². The summed E-state index contributed by atoms with van der Waals surface area (Å²) in [5.41, 5.74) is 3.42. The Morgan fingerprint density at radius 1 is 1.24 bits per heavy atom. The van der Waals surface area contributed by atoms with Crippen LogP contribution in [-0.2, 0) is 13.0 Å². The molecule has 0 unspecified atom stereocenters. The van der Waals surface area contributed by atoms with Gasteiger partial charge in [-0.15, -0.1) is 0 Å². The molecule has 0 radical (unpaired) electrons. The fourth-order valence-corrected chi connectivity index (χ4v) is 2.81. The minimum atomic E-state index is 0.192. The minimum Gasteiger partial charge on any atom is -0.337 e. The van der Waals surface area contributed by atoms with Gasteiger partial charge in [-0.25, -0.2) is 0 Å². The van der Waals surface area contributed by atoms with E-state index in [-0.39, 0.29) is 5.91 Å². The van der Waals surface area contributed by atoms with Crippen LogP contribution in [0, 0.1) is 0 Å². The maximum Gasteiger partial charge on any atom is 0.254 e. The molecule has 1 aliphatic rings. The first-order valence-electron chi connectivity index (χ1n) is 7.89. The third-order valence-corrected chi connectivity index (χ3v) is 3.97. The van der Waals surface area contributed by atoms with E-state index in [2.05, 4.69) is 23.2 Å². The van der Waals surface area contributed by atoms with Crippen LogP contribution in [-0.4, -0.2) is 56.0 Å². The molecule has 0 aromatic heterocycles. The molecule has 1 N–H and O–H groups in total. The number of hydrogen-bond acceptors (Lipinski definition) is 3. The van der Waals surface area contributed by atoms with Gasteiger partial charge in [-0.05, 0) is 50.7 Å². The maximum absolute atomic E-state index is 12.9. The predicted molar refractivity (Wildman–Crippen MR) is 86.6 cm³/mol. The summed E-state index contributed by atoms with van der Waals surface area (Å²) in [4.78, 5) is 17.0. The molecule has 4 heteroatoms. The Morgan fingerprint density at radius 2 is 2.05 bits per heavy atom. The summed E-state index contributed by atoms with van der Waals surface area (Å²) >= 11 is 0. The number of likely N-dealkylation sites (N-methyl/N-ethyl adjacent to an activating group) is 1. The van der Waals surface area contributed by atoms with E-state index in [9.17, 15) is 4.79 Å². The number of fused-ring (bicyclic) bond motifs is 1. The summed E-state index contributed by atoms with van der Waals surface area (Å²) < 4.78 is 0. The lowest BCUT2D eigenvalue weighted by atomic mass is 9.94. The van der Waals surface area contributed by atoms with Gasteiger partial charge in [-0.3, -0.25) is 4.79 Å². The molecule has 0 atom stereocenters. The lowest BCUT2D eigenvalue weighted by Crippen LogP contribution is -2.38. The van der Waals surface area contributed by atoms with Gasteiger partial charge < -0.3 is 15.1 Å². The fraction of sp³-hybridized carbons (Fsp3) is 0.588. The molecule has 0 saturated carbocycles. The Balaban J connectivity index is 2.20. The van der Waals surface area contributed by atoms with Crippen molar-refractivity contribution in [3.63, 3.8) is 0 Å². The first-order valence-corrected chi connectivity index (χ1v) is 7.89. The highest BCUT2D eigenvalue weighted by Gasteiger charge is 2.21. The maximum atomic E-state index is 12.9. The summed E-state index contributed by atoms with van der Waals surface area (Å²) in [5, 5.41) is 3.37. The van der Waals surface area contributed by atoms with E-state index in [0.717, 1.165) is 51.1 Å². The van der Waals surface area contributed by atoms with Crippen molar-refractivity contribution in [2.75, 3.05) is 40.3 Å². The van der Waals surface area contributed by atoms with Crippen LogP contribution in [0.2, 0.25) is 0 Å². The number of amides is 1. The van der Waals surface area contributed by atoms with Gasteiger partial charge >= 0.3 is 0 Å². The third-order valence-electron chi connectivity index (χ3n) is 3.97. The summed E-state index contributed by atoms with van der Waals surface area (Å²) in [7, 11) is 4.09. The normalized spacial score (nSPS) is 14.1. The predicted octanol–water partition coefficient (Wildman–Crippen LogP) is 1.75. The smallest absolute Gasteiger partial charge is 0.254 e. The number of benzene rings is 1. The lowest BCUT2D eigenvalue weighted by molar-refractivity contribution is 0.0743. The topological polar surface area (TPSA) is 35.6 Å². The molecule has 4 nitrogen and oxygen atoms in total. The van der Waals surface area contributed by atoms with Gasteiger partial charge in [-0.2, -0.15) is 0 Å². The van der Waals surface area contributed by atoms with Crippen LogP contribution in [0.1, 0.15) is 34.8 Å². The van der Waals surface area contributed by atoms with Gasteiger partial charge in [0.2, 0.25) is 0 Å². The molecule has 116 valence electrons. The van der Waals surface area contributed by atoms with Gasteiger partial charge in [0.05, 0.1) is 0 Å². The third kappa shape index (κ3) is 4.05. The van der Waals surface area contributed by atoms with Gasteiger partial charge in [0, 0.05) is 31.7 Å². The monoisotopic (exact) mass is 289 g/mol. The molecule has 0 bridgehead atoms. The van der Waals surface area contributed by atoms with E-state index >= 15 is 0 Å². The van der Waals surface area contributed by atoms with Crippen molar-refractivity contribution in [3.05, 3.63) is 34.9 Å². The van der Waals surface area contributed by atoms with Crippen LogP contribution >= 0.6 is 0 Å². The first-order chi connectivity index (χ1) is 10.1. The van der Waals surface area contributed by atoms with Crippen LogP contribution in [0.25, 0.3) is 0 Å². The zero-order valence-electron chi connectivity index (χ0n) is 13.5. The average Bonchev–Trinajstić information content (AvgIpc) is 2.50. The number of hydrogen-bond donors (Lipinski definition) is 1. The van der Waals surface area contributed by atoms with E-state index in [4.69, 9.17) is 0 Å². The molecule has 21 heavy (non-hydrogen) atoms. The quantitative estimate of drug-likeness (QED) is 0.866. The lowest BCUT2D eigenvalue weighted by Gasteiger charge is -2.27. The Hall–Kier alpha value is -1.39. The zero-order chi connectivity index (χ0) is 15.2. The van der Waals surface area contributed by atoms with Crippen molar-refractivity contribution in [1.82, 2.24) is 15.1 Å². The van der Waals surface area contributed by atoms with Crippen LogP contribution in [0.5, 0.6) is 0 Å². The largest absolute Gasteiger partial charge is 0.337 e. The van der Waals surface area contributed by atoms with Gasteiger partial charge in [0.25, 0.3) is 5.91 Å². The minimum absolute atomic E-state index is 0.192. The Kier molecular flexibility index (Phi) is 5.76. The fourth-order valence-electron chi connectivity index (χ4n) is 2.81. The van der Waals surface area contributed by atoms with Crippen molar-refractivity contribution < 1.29 is 4.79 Å². The van der Waals surface area contributed by atoms with Gasteiger partial charge in [0.15, 0.2) is 0 Å². The molecule has 1 aromatic rings. The second kappa shape index (κ2) is 7.57. The van der Waals surface area contributed by atoms with Crippen molar-refractivity contribution in [3.8, 4) is 0 Å². The number of carbonyl (C=O) groups excluding carboxylic acids is 1. The molecule has 0 aliphatic carbocycles. The van der Waals surface area contributed by atoms with E-state index in [1.807, 2.05) is 31.1 Å². The molecule has 2 rings (SSSR count). The SMILES string of the molecule is CCCN(CCN(C)C)C(=O)c1cccc2c1CCNC2. The first kappa shape index (κ1) is 16.0. The summed E-state index contributed by atoms with van der Waals surface area (Å²) in [6.07, 6.45) is 1.95. The highest BCUT2D eigenvalue weighted by molar-refractivity contribution is 5.96. The molecule has 0 spiro atoms. The molecule has 1 heterocycles. The second-order valence-electron chi connectivity index (χ2n) is 5.97. The molecule has 0 fully saturated rings. The van der Waals surface area contributed by atoms with Crippen LogP contribution in [0.3, 0.4) is 0 Å². The number of carbonyl (C=O) groups is 1. The zero-order valence-corrected chi connectivity index (χ0v) is 13.5. The van der Waals surface area contributed by atoms with Gasteiger partial charge in [-0.1, -0.05) is 19.1 Å². The standard InChI is InChI=1S/C17H27N3O/c1-4-10-20(12-11-19(2)3)17(21)16-7-5-6-14-13-18-9-8-15(14)16/h5-7,18H,4,8-13H2,1-3H3. The Bertz CT molecular complexity index is 485. The molecular formula is C17H27N3O. The molecule has 1 aromatic carbocycles. The summed E-state index contributed by atoms with van der Waals surface area (Å²) in [6.45, 7) is 6.49. The van der Waals surface area contributed by atoms with E-state index < -0.39 is 0 Å². The average molecular weight is 289 g/mol. The highest BCUT2D eigenvalue weighted by Crippen LogP contribution is 2.20. The molecule has 0 saturated heterocycles. The highest BCUT2D eigenvalue weighted by atomic mass is 16.2. The van der Waals surface area contributed by atoms with E-state index in [1.54, 1.807) is 0 Å². The molecule has 1 amide bonds. The van der Waals surface area contributed by atoms with Crippen LogP contribution in [0.4, 0.5) is 0 Å². The van der Waals surface area contributed by atoms with Crippen molar-refractivity contribution in [2.24, 2.45) is 0 Å². The molecular weight excluding hydrogens is 262 g/mol. The molecule has 1 aliphatic heterocycles. The second-order valence-corrected chi connectivity index (χ2v) is 5.97. The number of nitrogens with one attached hydrogen (secondary N) is 1. The summed E-state index contributed by atoms with van der Waals surface area (Å²) in [6, 6.07) is 6.13. The Labute approximate surface area is 128 Å². The van der Waals surface area contributed by atoms with Crippen molar-refractivity contribution >= 4 is 5.91 Å². The van der Waals surface area contributed by atoms with E-state index in [1.165, 1.54) is 11.1 Å².